The molecular formula is C17H32N4O3. The quantitative estimate of drug-likeness (QED) is 0.712. The number of nitrogens with one attached hydrogen (secondary N) is 1. The van der Waals surface area contributed by atoms with Crippen LogP contribution in [0.3, 0.4) is 0 Å². The molecule has 0 aromatic heterocycles. The van der Waals surface area contributed by atoms with Crippen LogP contribution in [0.5, 0.6) is 0 Å². The molecule has 2 heterocycles. The smallest absolute Gasteiger partial charge is 0.317 e. The van der Waals surface area contributed by atoms with Crippen LogP contribution in [-0.4, -0.2) is 73.7 Å². The van der Waals surface area contributed by atoms with Gasteiger partial charge < -0.3 is 20.7 Å². The molecule has 7 nitrogen and oxygen atoms in total. The molecule has 0 saturated carbocycles. The molecule has 2 aliphatic rings. The summed E-state index contributed by atoms with van der Waals surface area (Å²) in [4.78, 5) is 27.8. The van der Waals surface area contributed by atoms with E-state index < -0.39 is 0 Å². The highest BCUT2D eigenvalue weighted by Crippen LogP contribution is 2.20. The summed E-state index contributed by atoms with van der Waals surface area (Å²) in [6, 6.07) is 0.255. The van der Waals surface area contributed by atoms with E-state index in [1.165, 1.54) is 0 Å². The van der Waals surface area contributed by atoms with Crippen molar-refractivity contribution in [1.29, 1.82) is 0 Å². The van der Waals surface area contributed by atoms with Crippen LogP contribution in [-0.2, 0) is 9.53 Å². The summed E-state index contributed by atoms with van der Waals surface area (Å²) < 4.78 is 5.46. The second kappa shape index (κ2) is 9.22. The minimum atomic E-state index is -0.312. The number of hydrogen-bond donors (Lipinski definition) is 2. The molecule has 0 bridgehead atoms. The number of rotatable bonds is 7. The number of nitrogens with zero attached hydrogens (tertiary/aromatic N) is 2. The van der Waals surface area contributed by atoms with Gasteiger partial charge in [-0.1, -0.05) is 26.7 Å². The topological polar surface area (TPSA) is 87.9 Å². The molecule has 2 atom stereocenters. The standard InChI is InChI=1S/C17H32N4O3/c1-3-13(4-2)15(20-7-9-24-10-8-20)11-19-17(23)21-6-5-14(12-21)16(18)22/h13-15H,3-12H2,1-2H3,(H2,18,22)(H,19,23). The molecule has 0 aliphatic carbocycles. The van der Waals surface area contributed by atoms with Crippen molar-refractivity contribution in [1.82, 2.24) is 15.1 Å². The normalized spacial score (nSPS) is 23.5. The van der Waals surface area contributed by atoms with Crippen LogP contribution in [0.1, 0.15) is 33.1 Å². The second-order valence-corrected chi connectivity index (χ2v) is 6.81. The summed E-state index contributed by atoms with van der Waals surface area (Å²) in [5, 5.41) is 3.08. The second-order valence-electron chi connectivity index (χ2n) is 6.81. The molecule has 0 spiro atoms. The zero-order chi connectivity index (χ0) is 17.5. The van der Waals surface area contributed by atoms with E-state index in [-0.39, 0.29) is 17.9 Å². The lowest BCUT2D eigenvalue weighted by Gasteiger charge is -2.39. The van der Waals surface area contributed by atoms with Gasteiger partial charge >= 0.3 is 6.03 Å². The lowest BCUT2D eigenvalue weighted by molar-refractivity contribution is -0.121. The molecule has 0 radical (unpaired) electrons. The number of urea groups is 1. The molecule has 7 heteroatoms. The minimum absolute atomic E-state index is 0.0806. The van der Waals surface area contributed by atoms with Crippen LogP contribution in [0.15, 0.2) is 0 Å². The van der Waals surface area contributed by atoms with Gasteiger partial charge in [0.15, 0.2) is 0 Å². The van der Waals surface area contributed by atoms with Crippen LogP contribution >= 0.6 is 0 Å². The number of carbonyl (C=O) groups excluding carboxylic acids is 2. The highest BCUT2D eigenvalue weighted by molar-refractivity contribution is 5.80. The van der Waals surface area contributed by atoms with Gasteiger partial charge in [-0.2, -0.15) is 0 Å². The molecule has 0 aromatic carbocycles. The van der Waals surface area contributed by atoms with Crippen LogP contribution in [0.4, 0.5) is 4.79 Å². The van der Waals surface area contributed by atoms with Crippen molar-refractivity contribution in [2.45, 2.75) is 39.2 Å². The van der Waals surface area contributed by atoms with Gasteiger partial charge in [-0.3, -0.25) is 9.69 Å². The Bertz CT molecular complexity index is 422. The predicted octanol–water partition coefficient (Wildman–Crippen LogP) is 0.640. The first-order valence-corrected chi connectivity index (χ1v) is 9.20. The van der Waals surface area contributed by atoms with Crippen LogP contribution < -0.4 is 11.1 Å². The summed E-state index contributed by atoms with van der Waals surface area (Å²) in [6.07, 6.45) is 2.87. The monoisotopic (exact) mass is 340 g/mol. The Morgan fingerprint density at radius 2 is 1.88 bits per heavy atom. The summed E-state index contributed by atoms with van der Waals surface area (Å²) in [7, 11) is 0. The van der Waals surface area contributed by atoms with Crippen molar-refractivity contribution in [3.05, 3.63) is 0 Å². The Morgan fingerprint density at radius 3 is 2.42 bits per heavy atom. The minimum Gasteiger partial charge on any atom is -0.379 e. The first-order valence-electron chi connectivity index (χ1n) is 9.20. The Morgan fingerprint density at radius 1 is 1.21 bits per heavy atom. The number of nitrogens with two attached hydrogens (primary N) is 1. The maximum atomic E-state index is 12.4. The Kier molecular flexibility index (Phi) is 7.30. The van der Waals surface area contributed by atoms with Crippen molar-refractivity contribution < 1.29 is 14.3 Å². The molecule has 2 fully saturated rings. The zero-order valence-electron chi connectivity index (χ0n) is 15.0. The van der Waals surface area contributed by atoms with Gasteiger partial charge in [-0.05, 0) is 12.3 Å². The lowest BCUT2D eigenvalue weighted by atomic mass is 9.92. The average Bonchev–Trinajstić information content (AvgIpc) is 3.09. The molecule has 0 aromatic rings. The average molecular weight is 340 g/mol. The Labute approximate surface area is 144 Å². The van der Waals surface area contributed by atoms with Gasteiger partial charge in [0.05, 0.1) is 19.1 Å². The summed E-state index contributed by atoms with van der Waals surface area (Å²) in [5.41, 5.74) is 5.34. The molecule has 3 N–H and O–H groups in total. The molecule has 2 rings (SSSR count). The highest BCUT2D eigenvalue weighted by Gasteiger charge is 2.31. The summed E-state index contributed by atoms with van der Waals surface area (Å²) in [5.74, 6) is 0.0405. The van der Waals surface area contributed by atoms with E-state index in [1.807, 2.05) is 0 Å². The molecule has 2 unspecified atom stereocenters. The predicted molar refractivity (Wildman–Crippen MR) is 92.5 cm³/mol. The molecule has 2 aliphatic heterocycles. The zero-order valence-corrected chi connectivity index (χ0v) is 15.0. The largest absolute Gasteiger partial charge is 0.379 e. The first-order chi connectivity index (χ1) is 11.6. The van der Waals surface area contributed by atoms with Crippen LogP contribution in [0.25, 0.3) is 0 Å². The lowest BCUT2D eigenvalue weighted by Crippen LogP contribution is -2.53. The highest BCUT2D eigenvalue weighted by atomic mass is 16.5. The fraction of sp³-hybridized carbons (Fsp3) is 0.882. The van der Waals surface area contributed by atoms with Crippen molar-refractivity contribution in [2.75, 3.05) is 45.9 Å². The molecule has 138 valence electrons. The number of morpholine rings is 1. The van der Waals surface area contributed by atoms with Crippen LogP contribution in [0, 0.1) is 11.8 Å². The van der Waals surface area contributed by atoms with Crippen molar-refractivity contribution in [3.63, 3.8) is 0 Å². The first kappa shape index (κ1) is 19.0. The van der Waals surface area contributed by atoms with Gasteiger partial charge in [0.2, 0.25) is 5.91 Å². The van der Waals surface area contributed by atoms with Crippen molar-refractivity contribution in [3.8, 4) is 0 Å². The fourth-order valence-electron chi connectivity index (χ4n) is 3.82. The third kappa shape index (κ3) is 4.83. The van der Waals surface area contributed by atoms with E-state index in [9.17, 15) is 9.59 Å². The number of carbonyl (C=O) groups is 2. The fourth-order valence-corrected chi connectivity index (χ4v) is 3.82. The number of primary amides is 1. The number of amides is 3. The maximum absolute atomic E-state index is 12.4. The molecule has 3 amide bonds. The van der Waals surface area contributed by atoms with Gasteiger partial charge in [0.1, 0.15) is 0 Å². The van der Waals surface area contributed by atoms with E-state index >= 15 is 0 Å². The third-order valence-electron chi connectivity index (χ3n) is 5.45. The van der Waals surface area contributed by atoms with Gasteiger partial charge in [0.25, 0.3) is 0 Å². The number of ether oxygens (including phenoxy) is 1. The van der Waals surface area contributed by atoms with E-state index in [4.69, 9.17) is 10.5 Å². The number of likely N-dealkylation sites (tertiary alicyclic amines) is 1. The number of hydrogen-bond acceptors (Lipinski definition) is 4. The van der Waals surface area contributed by atoms with E-state index in [0.29, 0.717) is 38.0 Å². The Hall–Kier alpha value is -1.34. The molecule has 24 heavy (non-hydrogen) atoms. The summed E-state index contributed by atoms with van der Waals surface area (Å²) >= 11 is 0. The molecular weight excluding hydrogens is 308 g/mol. The van der Waals surface area contributed by atoms with Crippen molar-refractivity contribution >= 4 is 11.9 Å². The third-order valence-corrected chi connectivity index (χ3v) is 5.45. The van der Waals surface area contributed by atoms with E-state index in [2.05, 4.69) is 24.1 Å². The Balaban J connectivity index is 1.89. The van der Waals surface area contributed by atoms with Gasteiger partial charge in [0, 0.05) is 38.8 Å². The van der Waals surface area contributed by atoms with Crippen LogP contribution in [0.2, 0.25) is 0 Å². The maximum Gasteiger partial charge on any atom is 0.317 e. The van der Waals surface area contributed by atoms with Gasteiger partial charge in [-0.25, -0.2) is 4.79 Å². The molecule has 2 saturated heterocycles. The van der Waals surface area contributed by atoms with Crippen molar-refractivity contribution in [2.24, 2.45) is 17.6 Å². The van der Waals surface area contributed by atoms with Gasteiger partial charge in [-0.15, -0.1) is 0 Å². The van der Waals surface area contributed by atoms with E-state index in [0.717, 1.165) is 39.1 Å². The van der Waals surface area contributed by atoms with E-state index in [1.54, 1.807) is 4.90 Å². The summed E-state index contributed by atoms with van der Waals surface area (Å²) in [6.45, 7) is 9.47. The SMILES string of the molecule is CCC(CC)C(CNC(=O)N1CCC(C(N)=O)C1)N1CCOCC1.